The summed E-state index contributed by atoms with van der Waals surface area (Å²) in [5, 5.41) is 9.50. The number of benzene rings is 10. The summed E-state index contributed by atoms with van der Waals surface area (Å²) in [6.45, 7) is 0. The van der Waals surface area contributed by atoms with Crippen LogP contribution in [0.5, 0.6) is 0 Å². The zero-order chi connectivity index (χ0) is 38.4. The Balaban J connectivity index is 1.07. The van der Waals surface area contributed by atoms with Gasteiger partial charge in [0.05, 0.1) is 0 Å². The number of hydrogen-bond acceptors (Lipinski definition) is 3. The SMILES string of the molecule is c1ccc(-c2ccc3cc(-c4nc(-c5ccc(-c6cccc7ccccc67)cc5)nc(-c5ccc6ccc7cccc(-c8ccccc8)c7c6c5)n4)ccc3c2)cc1. The van der Waals surface area contributed by atoms with E-state index in [9.17, 15) is 0 Å². The largest absolute Gasteiger partial charge is 0.208 e. The Hall–Kier alpha value is -7.75. The molecule has 0 amide bonds. The zero-order valence-corrected chi connectivity index (χ0v) is 31.5. The molecule has 1 heterocycles. The normalized spacial score (nSPS) is 11.4. The Bertz CT molecular complexity index is 3310. The van der Waals surface area contributed by atoms with E-state index in [4.69, 9.17) is 15.0 Å². The van der Waals surface area contributed by atoms with Crippen molar-refractivity contribution in [1.29, 1.82) is 0 Å². The number of fused-ring (bicyclic) bond motifs is 5. The van der Waals surface area contributed by atoms with Gasteiger partial charge in [-0.05, 0) is 94.7 Å². The van der Waals surface area contributed by atoms with Gasteiger partial charge in [-0.15, -0.1) is 0 Å². The molecule has 0 bridgehead atoms. The monoisotopic (exact) mass is 737 g/mol. The van der Waals surface area contributed by atoms with E-state index in [1.165, 1.54) is 60.1 Å². The summed E-state index contributed by atoms with van der Waals surface area (Å²) < 4.78 is 0. The summed E-state index contributed by atoms with van der Waals surface area (Å²) in [5.41, 5.74) is 9.94. The molecule has 3 nitrogen and oxygen atoms in total. The number of hydrogen-bond donors (Lipinski definition) is 0. The zero-order valence-electron chi connectivity index (χ0n) is 31.5. The van der Waals surface area contributed by atoms with E-state index in [1.807, 2.05) is 0 Å². The molecule has 0 aliphatic rings. The molecule has 58 heavy (non-hydrogen) atoms. The summed E-state index contributed by atoms with van der Waals surface area (Å²) in [6, 6.07) is 75.4. The van der Waals surface area contributed by atoms with Crippen molar-refractivity contribution in [2.75, 3.05) is 0 Å². The van der Waals surface area contributed by atoms with E-state index in [1.54, 1.807) is 0 Å². The summed E-state index contributed by atoms with van der Waals surface area (Å²) in [4.78, 5) is 15.6. The van der Waals surface area contributed by atoms with Crippen LogP contribution in [0.15, 0.2) is 212 Å². The molecule has 0 unspecified atom stereocenters. The van der Waals surface area contributed by atoms with Crippen molar-refractivity contribution in [3.8, 4) is 67.5 Å². The van der Waals surface area contributed by atoms with Gasteiger partial charge in [-0.25, -0.2) is 15.0 Å². The third kappa shape index (κ3) is 6.07. The fourth-order valence-corrected chi connectivity index (χ4v) is 8.34. The Morgan fingerprint density at radius 1 is 0.224 bits per heavy atom. The predicted octanol–water partition coefficient (Wildman–Crippen LogP) is 14.5. The molecule has 11 aromatic rings. The van der Waals surface area contributed by atoms with Crippen LogP contribution in [0.3, 0.4) is 0 Å². The molecular formula is C55H35N3. The minimum Gasteiger partial charge on any atom is -0.208 e. The standard InChI is InChI=1S/C55H35N3/c1-3-11-36(12-4-1)43-28-29-45-34-46(32-30-44(45)33-43)54-56-53(42-26-22-39(23-27-42)49-19-9-16-37-15-7-8-18-48(37)49)57-55(58-54)47-31-24-40-21-25-41-17-10-20-50(52(41)51(40)35-47)38-13-5-2-6-14-38/h1-35H. The van der Waals surface area contributed by atoms with Crippen LogP contribution in [0, 0.1) is 0 Å². The minimum atomic E-state index is 0.631. The van der Waals surface area contributed by atoms with Gasteiger partial charge in [0.15, 0.2) is 17.5 Å². The second-order valence-electron chi connectivity index (χ2n) is 14.8. The van der Waals surface area contributed by atoms with Gasteiger partial charge in [0.2, 0.25) is 0 Å². The van der Waals surface area contributed by atoms with Gasteiger partial charge in [-0.2, -0.15) is 0 Å². The molecule has 0 N–H and O–H groups in total. The average Bonchev–Trinajstić information content (AvgIpc) is 3.31. The van der Waals surface area contributed by atoms with E-state index in [2.05, 4.69) is 212 Å². The highest BCUT2D eigenvalue weighted by Crippen LogP contribution is 2.37. The molecule has 0 fully saturated rings. The van der Waals surface area contributed by atoms with Crippen LogP contribution in [-0.4, -0.2) is 15.0 Å². The van der Waals surface area contributed by atoms with Crippen molar-refractivity contribution in [2.24, 2.45) is 0 Å². The molecule has 0 saturated carbocycles. The third-order valence-corrected chi connectivity index (χ3v) is 11.3. The molecule has 10 aromatic carbocycles. The average molecular weight is 738 g/mol. The van der Waals surface area contributed by atoms with Crippen LogP contribution < -0.4 is 0 Å². The first kappa shape index (κ1) is 33.6. The quantitative estimate of drug-likeness (QED) is 0.160. The topological polar surface area (TPSA) is 38.7 Å². The van der Waals surface area contributed by atoms with Crippen LogP contribution in [0.4, 0.5) is 0 Å². The van der Waals surface area contributed by atoms with Crippen LogP contribution in [-0.2, 0) is 0 Å². The second kappa shape index (κ2) is 14.1. The molecular weight excluding hydrogens is 703 g/mol. The molecule has 0 spiro atoms. The van der Waals surface area contributed by atoms with E-state index in [0.29, 0.717) is 17.5 Å². The molecule has 270 valence electrons. The van der Waals surface area contributed by atoms with E-state index < -0.39 is 0 Å². The maximum absolute atomic E-state index is 5.22. The Kier molecular flexibility index (Phi) is 8.15. The smallest absolute Gasteiger partial charge is 0.164 e. The highest BCUT2D eigenvalue weighted by atomic mass is 15.0. The fourth-order valence-electron chi connectivity index (χ4n) is 8.34. The maximum atomic E-state index is 5.22. The van der Waals surface area contributed by atoms with Gasteiger partial charge in [-0.3, -0.25) is 0 Å². The molecule has 3 heteroatoms. The highest BCUT2D eigenvalue weighted by molar-refractivity contribution is 6.15. The van der Waals surface area contributed by atoms with Crippen LogP contribution >= 0.6 is 0 Å². The second-order valence-corrected chi connectivity index (χ2v) is 14.8. The number of aromatic nitrogens is 3. The first-order chi connectivity index (χ1) is 28.7. The van der Waals surface area contributed by atoms with Crippen LogP contribution in [0.1, 0.15) is 0 Å². The molecule has 0 saturated heterocycles. The van der Waals surface area contributed by atoms with Gasteiger partial charge in [-0.1, -0.05) is 194 Å². The van der Waals surface area contributed by atoms with Crippen LogP contribution in [0.25, 0.3) is 111 Å². The lowest BCUT2D eigenvalue weighted by Crippen LogP contribution is -2.00. The summed E-state index contributed by atoms with van der Waals surface area (Å²) >= 11 is 0. The summed E-state index contributed by atoms with van der Waals surface area (Å²) in [7, 11) is 0. The van der Waals surface area contributed by atoms with Gasteiger partial charge in [0.25, 0.3) is 0 Å². The minimum absolute atomic E-state index is 0.631. The first-order valence-electron chi connectivity index (χ1n) is 19.7. The van der Waals surface area contributed by atoms with E-state index in [-0.39, 0.29) is 0 Å². The van der Waals surface area contributed by atoms with Gasteiger partial charge in [0, 0.05) is 16.7 Å². The van der Waals surface area contributed by atoms with Crippen molar-refractivity contribution in [1.82, 2.24) is 15.0 Å². The maximum Gasteiger partial charge on any atom is 0.164 e. The lowest BCUT2D eigenvalue weighted by atomic mass is 9.93. The molecule has 0 radical (unpaired) electrons. The van der Waals surface area contributed by atoms with Crippen molar-refractivity contribution in [3.05, 3.63) is 212 Å². The highest BCUT2D eigenvalue weighted by Gasteiger charge is 2.16. The van der Waals surface area contributed by atoms with E-state index >= 15 is 0 Å². The van der Waals surface area contributed by atoms with Crippen molar-refractivity contribution >= 4 is 43.1 Å². The predicted molar refractivity (Wildman–Crippen MR) is 242 cm³/mol. The molecule has 0 aliphatic heterocycles. The number of nitrogens with zero attached hydrogens (tertiary/aromatic N) is 3. The summed E-state index contributed by atoms with van der Waals surface area (Å²) in [6.07, 6.45) is 0. The molecule has 0 aliphatic carbocycles. The Labute approximate surface area is 336 Å². The Morgan fingerprint density at radius 2 is 0.672 bits per heavy atom. The van der Waals surface area contributed by atoms with Gasteiger partial charge < -0.3 is 0 Å². The molecule has 0 atom stereocenters. The van der Waals surface area contributed by atoms with Gasteiger partial charge >= 0.3 is 0 Å². The van der Waals surface area contributed by atoms with E-state index in [0.717, 1.165) is 33.0 Å². The lowest BCUT2D eigenvalue weighted by Gasteiger charge is -2.13. The molecule has 11 rings (SSSR count). The molecule has 1 aromatic heterocycles. The Morgan fingerprint density at radius 3 is 1.41 bits per heavy atom. The lowest BCUT2D eigenvalue weighted by molar-refractivity contribution is 1.08. The van der Waals surface area contributed by atoms with Crippen LogP contribution in [0.2, 0.25) is 0 Å². The van der Waals surface area contributed by atoms with Crippen molar-refractivity contribution < 1.29 is 0 Å². The van der Waals surface area contributed by atoms with Crippen molar-refractivity contribution in [3.63, 3.8) is 0 Å². The fraction of sp³-hybridized carbons (Fsp3) is 0. The first-order valence-corrected chi connectivity index (χ1v) is 19.7. The van der Waals surface area contributed by atoms with Gasteiger partial charge in [0.1, 0.15) is 0 Å². The number of rotatable bonds is 6. The summed E-state index contributed by atoms with van der Waals surface area (Å²) in [5.74, 6) is 1.90. The third-order valence-electron chi connectivity index (χ3n) is 11.3. The van der Waals surface area contributed by atoms with Crippen molar-refractivity contribution in [2.45, 2.75) is 0 Å².